The van der Waals surface area contributed by atoms with Crippen LogP contribution >= 0.6 is 11.6 Å². The van der Waals surface area contributed by atoms with Crippen LogP contribution in [0.4, 0.5) is 4.39 Å². The summed E-state index contributed by atoms with van der Waals surface area (Å²) in [5.74, 6) is -0.194. The highest BCUT2D eigenvalue weighted by Crippen LogP contribution is 2.31. The fraction of sp³-hybridized carbons (Fsp3) is 0.154. The molecule has 2 aromatic rings. The standard InChI is InChI=1S/C13H9ClFN3O/c1-7-8(2)17-18-13(10(7)6-16)19-12-4-3-9(15)5-11(12)14/h3-5H,1-2H3. The van der Waals surface area contributed by atoms with E-state index in [1.54, 1.807) is 13.8 Å². The summed E-state index contributed by atoms with van der Waals surface area (Å²) in [6.45, 7) is 3.50. The van der Waals surface area contributed by atoms with Crippen molar-refractivity contribution in [1.29, 1.82) is 5.26 Å². The molecular weight excluding hydrogens is 269 g/mol. The van der Waals surface area contributed by atoms with Gasteiger partial charge in [-0.1, -0.05) is 11.6 Å². The van der Waals surface area contributed by atoms with Crippen LogP contribution in [-0.4, -0.2) is 10.2 Å². The number of nitriles is 1. The summed E-state index contributed by atoms with van der Waals surface area (Å²) in [5.41, 5.74) is 1.62. The summed E-state index contributed by atoms with van der Waals surface area (Å²) in [7, 11) is 0. The summed E-state index contributed by atoms with van der Waals surface area (Å²) in [6, 6.07) is 5.71. The van der Waals surface area contributed by atoms with Crippen molar-refractivity contribution in [3.63, 3.8) is 0 Å². The Labute approximate surface area is 114 Å². The third-order valence-corrected chi connectivity index (χ3v) is 2.93. The lowest BCUT2D eigenvalue weighted by Gasteiger charge is -2.09. The zero-order chi connectivity index (χ0) is 14.0. The van der Waals surface area contributed by atoms with Gasteiger partial charge in [0.1, 0.15) is 23.2 Å². The molecule has 1 aromatic carbocycles. The zero-order valence-electron chi connectivity index (χ0n) is 10.2. The van der Waals surface area contributed by atoms with E-state index in [-0.39, 0.29) is 22.2 Å². The lowest BCUT2D eigenvalue weighted by Crippen LogP contribution is -2.00. The van der Waals surface area contributed by atoms with Crippen molar-refractivity contribution in [2.45, 2.75) is 13.8 Å². The monoisotopic (exact) mass is 277 g/mol. The molecule has 2 rings (SSSR count). The smallest absolute Gasteiger partial charge is 0.257 e. The number of rotatable bonds is 2. The van der Waals surface area contributed by atoms with Gasteiger partial charge in [-0.2, -0.15) is 10.4 Å². The van der Waals surface area contributed by atoms with E-state index in [2.05, 4.69) is 10.2 Å². The van der Waals surface area contributed by atoms with Gasteiger partial charge in [0.25, 0.3) is 5.88 Å². The molecule has 1 heterocycles. The molecule has 0 spiro atoms. The number of aryl methyl sites for hydroxylation is 1. The minimum Gasteiger partial charge on any atom is -0.435 e. The highest BCUT2D eigenvalue weighted by Gasteiger charge is 2.14. The van der Waals surface area contributed by atoms with Crippen molar-refractivity contribution < 1.29 is 9.13 Å². The molecule has 0 fully saturated rings. The zero-order valence-corrected chi connectivity index (χ0v) is 11.0. The molecule has 1 aromatic heterocycles. The van der Waals surface area contributed by atoms with Crippen LogP contribution in [0, 0.1) is 31.0 Å². The van der Waals surface area contributed by atoms with E-state index in [0.717, 1.165) is 6.07 Å². The van der Waals surface area contributed by atoms with Gasteiger partial charge >= 0.3 is 0 Å². The molecule has 0 aliphatic rings. The number of hydrogen-bond donors (Lipinski definition) is 0. The van der Waals surface area contributed by atoms with Gasteiger partial charge in [-0.05, 0) is 37.6 Å². The third kappa shape index (κ3) is 2.64. The molecule has 0 N–H and O–H groups in total. The predicted octanol–water partition coefficient (Wildman–Crippen LogP) is 3.55. The van der Waals surface area contributed by atoms with Crippen LogP contribution in [0.5, 0.6) is 11.6 Å². The Kier molecular flexibility index (Phi) is 3.63. The average Bonchev–Trinajstić information content (AvgIpc) is 2.37. The molecule has 0 saturated carbocycles. The molecule has 0 amide bonds. The Hall–Kier alpha value is -2.19. The van der Waals surface area contributed by atoms with Crippen LogP contribution in [0.15, 0.2) is 18.2 Å². The van der Waals surface area contributed by atoms with Crippen LogP contribution in [0.2, 0.25) is 5.02 Å². The van der Waals surface area contributed by atoms with Gasteiger partial charge in [0, 0.05) is 0 Å². The van der Waals surface area contributed by atoms with Crippen molar-refractivity contribution in [2.75, 3.05) is 0 Å². The van der Waals surface area contributed by atoms with E-state index < -0.39 is 5.82 Å². The number of ether oxygens (including phenoxy) is 1. The van der Waals surface area contributed by atoms with Crippen molar-refractivity contribution in [1.82, 2.24) is 10.2 Å². The van der Waals surface area contributed by atoms with Crippen molar-refractivity contribution in [3.8, 4) is 17.7 Å². The lowest BCUT2D eigenvalue weighted by atomic mass is 10.1. The van der Waals surface area contributed by atoms with Crippen molar-refractivity contribution in [3.05, 3.63) is 45.9 Å². The van der Waals surface area contributed by atoms with Crippen LogP contribution in [-0.2, 0) is 0 Å². The maximum atomic E-state index is 12.9. The number of nitrogens with zero attached hydrogens (tertiary/aromatic N) is 3. The Morgan fingerprint density at radius 2 is 2.05 bits per heavy atom. The van der Waals surface area contributed by atoms with E-state index in [1.165, 1.54) is 12.1 Å². The first-order valence-corrected chi connectivity index (χ1v) is 5.77. The number of halogens is 2. The molecule has 19 heavy (non-hydrogen) atoms. The summed E-state index contributed by atoms with van der Waals surface area (Å²) in [5, 5.41) is 16.9. The maximum absolute atomic E-state index is 12.9. The largest absolute Gasteiger partial charge is 0.435 e. The molecule has 0 atom stereocenters. The minimum absolute atomic E-state index is 0.0547. The topological polar surface area (TPSA) is 58.8 Å². The second-order valence-electron chi connectivity index (χ2n) is 3.88. The van der Waals surface area contributed by atoms with E-state index in [4.69, 9.17) is 21.6 Å². The first-order valence-electron chi connectivity index (χ1n) is 5.40. The van der Waals surface area contributed by atoms with Crippen LogP contribution in [0.1, 0.15) is 16.8 Å². The summed E-state index contributed by atoms with van der Waals surface area (Å²) < 4.78 is 18.4. The molecule has 96 valence electrons. The summed E-state index contributed by atoms with van der Waals surface area (Å²) in [4.78, 5) is 0. The van der Waals surface area contributed by atoms with Gasteiger partial charge in [-0.15, -0.1) is 5.10 Å². The lowest BCUT2D eigenvalue weighted by molar-refractivity contribution is 0.450. The highest BCUT2D eigenvalue weighted by molar-refractivity contribution is 6.32. The van der Waals surface area contributed by atoms with Crippen LogP contribution in [0.25, 0.3) is 0 Å². The van der Waals surface area contributed by atoms with Crippen LogP contribution in [0.3, 0.4) is 0 Å². The van der Waals surface area contributed by atoms with Gasteiger partial charge in [0.05, 0.1) is 10.7 Å². The van der Waals surface area contributed by atoms with E-state index in [9.17, 15) is 4.39 Å². The molecule has 6 heteroatoms. The SMILES string of the molecule is Cc1nnc(Oc2ccc(F)cc2Cl)c(C#N)c1C. The highest BCUT2D eigenvalue weighted by atomic mass is 35.5. The van der Waals surface area contributed by atoms with E-state index >= 15 is 0 Å². The minimum atomic E-state index is -0.468. The first kappa shape index (κ1) is 13.2. The maximum Gasteiger partial charge on any atom is 0.257 e. The summed E-state index contributed by atoms with van der Waals surface area (Å²) >= 11 is 5.85. The molecule has 0 bridgehead atoms. The average molecular weight is 278 g/mol. The number of hydrogen-bond acceptors (Lipinski definition) is 4. The predicted molar refractivity (Wildman–Crippen MR) is 67.7 cm³/mol. The Morgan fingerprint density at radius 1 is 1.32 bits per heavy atom. The van der Waals surface area contributed by atoms with Gasteiger partial charge in [-0.3, -0.25) is 0 Å². The molecular formula is C13H9ClFN3O. The molecule has 0 saturated heterocycles. The fourth-order valence-corrected chi connectivity index (χ4v) is 1.66. The first-order chi connectivity index (χ1) is 9.02. The molecule has 0 aliphatic heterocycles. The van der Waals surface area contributed by atoms with Gasteiger partial charge in [0.15, 0.2) is 0 Å². The van der Waals surface area contributed by atoms with Gasteiger partial charge in [-0.25, -0.2) is 4.39 Å². The Bertz CT molecular complexity index is 682. The normalized spacial score (nSPS) is 10.1. The number of aromatic nitrogens is 2. The quantitative estimate of drug-likeness (QED) is 0.842. The fourth-order valence-electron chi connectivity index (χ4n) is 1.45. The molecule has 0 radical (unpaired) electrons. The summed E-state index contributed by atoms with van der Waals surface area (Å²) in [6.07, 6.45) is 0. The number of benzene rings is 1. The Morgan fingerprint density at radius 3 is 2.68 bits per heavy atom. The molecule has 0 aliphatic carbocycles. The van der Waals surface area contributed by atoms with E-state index in [0.29, 0.717) is 11.3 Å². The van der Waals surface area contributed by atoms with E-state index in [1.807, 2.05) is 6.07 Å². The van der Waals surface area contributed by atoms with Gasteiger partial charge in [0.2, 0.25) is 0 Å². The second-order valence-corrected chi connectivity index (χ2v) is 4.29. The van der Waals surface area contributed by atoms with Crippen LogP contribution < -0.4 is 4.74 Å². The second kappa shape index (κ2) is 5.21. The molecule has 0 unspecified atom stereocenters. The molecule has 4 nitrogen and oxygen atoms in total. The van der Waals surface area contributed by atoms with Gasteiger partial charge < -0.3 is 4.74 Å². The third-order valence-electron chi connectivity index (χ3n) is 2.63. The van der Waals surface area contributed by atoms with Crippen molar-refractivity contribution in [2.24, 2.45) is 0 Å². The van der Waals surface area contributed by atoms with Crippen molar-refractivity contribution >= 4 is 11.6 Å². The Balaban J connectivity index is 2.44.